The summed E-state index contributed by atoms with van der Waals surface area (Å²) < 4.78 is 37.3. The van der Waals surface area contributed by atoms with E-state index in [1.54, 1.807) is 4.72 Å². The number of aromatic nitrogens is 4. The number of imidazole rings is 1. The fraction of sp³-hybridized carbons (Fsp3) is 0.571. The molecule has 5 atom stereocenters. The summed E-state index contributed by atoms with van der Waals surface area (Å²) in [4.78, 5) is 24.4. The molecule has 1 fully saturated rings. The highest BCUT2D eigenvalue weighted by atomic mass is 32.2. The lowest BCUT2D eigenvalue weighted by molar-refractivity contribution is -0.120. The summed E-state index contributed by atoms with van der Waals surface area (Å²) in [6.07, 6.45) is -3.97. The lowest BCUT2D eigenvalue weighted by Gasteiger charge is -2.19. The van der Waals surface area contributed by atoms with Crippen LogP contribution in [0.1, 0.15) is 18.5 Å². The van der Waals surface area contributed by atoms with Crippen LogP contribution in [0.3, 0.4) is 0 Å². The predicted molar refractivity (Wildman–Crippen MR) is 95.0 cm³/mol. The minimum absolute atomic E-state index is 0.00675. The number of anilines is 1. The molecule has 15 heteroatoms. The average Bonchev–Trinajstić information content (AvgIpc) is 3.16. The number of hydrogen-bond donors (Lipinski definition) is 5. The molecule has 2 aliphatic rings. The Morgan fingerprint density at radius 2 is 2.03 bits per heavy atom. The fourth-order valence-electron chi connectivity index (χ4n) is 3.30. The number of aryl methyl sites for hydroxylation is 1. The third-order valence-corrected chi connectivity index (χ3v) is 5.70. The Morgan fingerprint density at radius 3 is 2.79 bits per heavy atom. The number of nitrogens with two attached hydrogens (primary N) is 2. The molecule has 2 aromatic rings. The Labute approximate surface area is 164 Å². The number of fused-ring (bicyclic) bond motifs is 6. The second kappa shape index (κ2) is 7.12. The second-order valence-corrected chi connectivity index (χ2v) is 8.07. The zero-order valence-corrected chi connectivity index (χ0v) is 15.7. The molecular formula is C14H19N7O7S. The number of aliphatic hydroxyl groups excluding tert-OH is 2. The van der Waals surface area contributed by atoms with Gasteiger partial charge in [0, 0.05) is 6.42 Å². The first-order valence-electron chi connectivity index (χ1n) is 8.63. The van der Waals surface area contributed by atoms with E-state index >= 15 is 0 Å². The summed E-state index contributed by atoms with van der Waals surface area (Å²) in [5.74, 6) is -0.551. The maximum absolute atomic E-state index is 12.1. The van der Waals surface area contributed by atoms with Gasteiger partial charge in [-0.3, -0.25) is 13.5 Å². The number of amides is 1. The molecule has 2 bridgehead atoms. The van der Waals surface area contributed by atoms with E-state index in [0.717, 1.165) is 0 Å². The Morgan fingerprint density at radius 1 is 1.28 bits per heavy atom. The minimum Gasteiger partial charge on any atom is -0.387 e. The predicted octanol–water partition coefficient (Wildman–Crippen LogP) is -3.32. The maximum Gasteiger partial charge on any atom is 0.362 e. The number of nitrogen functional groups attached to an aromatic ring is 1. The quantitative estimate of drug-likeness (QED) is 0.278. The largest absolute Gasteiger partial charge is 0.387 e. The van der Waals surface area contributed by atoms with Crippen LogP contribution < -0.4 is 16.2 Å². The molecule has 29 heavy (non-hydrogen) atoms. The molecule has 4 rings (SSSR count). The van der Waals surface area contributed by atoms with E-state index in [2.05, 4.69) is 15.0 Å². The molecule has 4 heterocycles. The van der Waals surface area contributed by atoms with Crippen molar-refractivity contribution < 1.29 is 32.3 Å². The van der Waals surface area contributed by atoms with Crippen LogP contribution >= 0.6 is 0 Å². The van der Waals surface area contributed by atoms with Crippen LogP contribution in [0, 0.1) is 0 Å². The molecule has 1 saturated heterocycles. The van der Waals surface area contributed by atoms with Crippen LogP contribution in [0.25, 0.3) is 11.2 Å². The lowest BCUT2D eigenvalue weighted by atomic mass is 10.1. The van der Waals surface area contributed by atoms with Crippen LogP contribution in [-0.4, -0.2) is 75.0 Å². The maximum atomic E-state index is 12.1. The smallest absolute Gasteiger partial charge is 0.362 e. The third kappa shape index (κ3) is 3.52. The molecular weight excluding hydrogens is 410 g/mol. The molecule has 2 aromatic heterocycles. The molecule has 0 aromatic carbocycles. The number of rotatable bonds is 0. The normalized spacial score (nSPS) is 32.7. The van der Waals surface area contributed by atoms with Gasteiger partial charge in [-0.25, -0.2) is 19.7 Å². The number of hydrogen-bond acceptors (Lipinski definition) is 12. The monoisotopic (exact) mass is 429 g/mol. The van der Waals surface area contributed by atoms with Gasteiger partial charge < -0.3 is 26.4 Å². The minimum atomic E-state index is -4.48. The summed E-state index contributed by atoms with van der Waals surface area (Å²) in [5.41, 5.74) is 12.1. The van der Waals surface area contributed by atoms with Crippen molar-refractivity contribution in [2.24, 2.45) is 5.73 Å². The fourth-order valence-corrected chi connectivity index (χ4v) is 4.07. The van der Waals surface area contributed by atoms with E-state index in [0.29, 0.717) is 5.82 Å². The van der Waals surface area contributed by atoms with Crippen molar-refractivity contribution in [3.8, 4) is 0 Å². The Balaban J connectivity index is 1.82. The first kappa shape index (κ1) is 19.9. The van der Waals surface area contributed by atoms with E-state index in [4.69, 9.17) is 20.4 Å². The van der Waals surface area contributed by atoms with E-state index in [9.17, 15) is 23.4 Å². The van der Waals surface area contributed by atoms with Crippen LogP contribution in [0.5, 0.6) is 0 Å². The molecule has 2 aliphatic heterocycles. The first-order chi connectivity index (χ1) is 13.7. The van der Waals surface area contributed by atoms with Crippen LogP contribution in [0.4, 0.5) is 5.82 Å². The van der Waals surface area contributed by atoms with Crippen molar-refractivity contribution in [3.05, 3.63) is 12.2 Å². The van der Waals surface area contributed by atoms with Crippen molar-refractivity contribution in [3.63, 3.8) is 0 Å². The van der Waals surface area contributed by atoms with E-state index in [1.807, 2.05) is 0 Å². The molecule has 158 valence electrons. The van der Waals surface area contributed by atoms with Crippen LogP contribution in [-0.2, 0) is 30.4 Å². The van der Waals surface area contributed by atoms with Gasteiger partial charge in [-0.15, -0.1) is 0 Å². The number of carbonyl (C=O) groups excluding carboxylic acids is 1. The molecule has 1 unspecified atom stereocenters. The molecule has 0 spiro atoms. The number of nitrogens with one attached hydrogen (secondary N) is 1. The van der Waals surface area contributed by atoms with Gasteiger partial charge in [0.05, 0.1) is 12.6 Å². The second-order valence-electron chi connectivity index (χ2n) is 6.73. The molecule has 0 aliphatic carbocycles. The Hall–Kier alpha value is -2.43. The third-order valence-electron chi connectivity index (χ3n) is 4.80. The summed E-state index contributed by atoms with van der Waals surface area (Å²) in [5, 5.41) is 20.8. The topological polar surface area (TPSA) is 218 Å². The summed E-state index contributed by atoms with van der Waals surface area (Å²) in [6, 6.07) is -1.18. The zero-order chi connectivity index (χ0) is 20.9. The van der Waals surface area contributed by atoms with Gasteiger partial charge in [0.2, 0.25) is 0 Å². The van der Waals surface area contributed by atoms with E-state index < -0.39 is 53.4 Å². The van der Waals surface area contributed by atoms with Gasteiger partial charge in [0.1, 0.15) is 30.5 Å². The first-order valence-corrected chi connectivity index (χ1v) is 10.0. The Kier molecular flexibility index (Phi) is 4.88. The van der Waals surface area contributed by atoms with Gasteiger partial charge in [0.25, 0.3) is 5.91 Å². The van der Waals surface area contributed by atoms with Crippen LogP contribution in [0.15, 0.2) is 6.33 Å². The summed E-state index contributed by atoms with van der Waals surface area (Å²) in [7, 11) is -4.48. The highest BCUT2D eigenvalue weighted by Gasteiger charge is 2.46. The van der Waals surface area contributed by atoms with Crippen molar-refractivity contribution in [1.82, 2.24) is 24.2 Å². The summed E-state index contributed by atoms with van der Waals surface area (Å²) >= 11 is 0. The van der Waals surface area contributed by atoms with Crippen molar-refractivity contribution in [2.45, 2.75) is 43.4 Å². The molecule has 0 radical (unpaired) electrons. The van der Waals surface area contributed by atoms with Crippen molar-refractivity contribution >= 4 is 33.2 Å². The summed E-state index contributed by atoms with van der Waals surface area (Å²) in [6.45, 7) is -0.647. The zero-order valence-electron chi connectivity index (χ0n) is 14.9. The number of nitrogens with zero attached hydrogens (tertiary/aromatic N) is 4. The highest BCUT2D eigenvalue weighted by Crippen LogP contribution is 2.34. The SMILES string of the molecule is Nc1ncnc2c1nc1n2[C@@H]2O[C@H](COS(=O)(=O)NC(=O)C(N)CC1)[C@@H](O)[C@H]2O. The van der Waals surface area contributed by atoms with Gasteiger partial charge >= 0.3 is 10.3 Å². The lowest BCUT2D eigenvalue weighted by Crippen LogP contribution is -2.45. The molecule has 7 N–H and O–H groups in total. The van der Waals surface area contributed by atoms with Gasteiger partial charge in [-0.2, -0.15) is 8.42 Å². The number of ether oxygens (including phenoxy) is 1. The van der Waals surface area contributed by atoms with Gasteiger partial charge in [-0.1, -0.05) is 0 Å². The molecule has 1 amide bonds. The van der Waals surface area contributed by atoms with Crippen molar-refractivity contribution in [2.75, 3.05) is 12.3 Å². The highest BCUT2D eigenvalue weighted by molar-refractivity contribution is 7.85. The number of carbonyl (C=O) groups is 1. The average molecular weight is 429 g/mol. The van der Waals surface area contributed by atoms with E-state index in [1.165, 1.54) is 10.9 Å². The molecule has 14 nitrogen and oxygen atoms in total. The van der Waals surface area contributed by atoms with E-state index in [-0.39, 0.29) is 29.8 Å². The van der Waals surface area contributed by atoms with Crippen LogP contribution in [0.2, 0.25) is 0 Å². The van der Waals surface area contributed by atoms with Gasteiger partial charge in [0.15, 0.2) is 23.2 Å². The van der Waals surface area contributed by atoms with Crippen molar-refractivity contribution in [1.29, 1.82) is 0 Å². The number of aliphatic hydroxyl groups is 2. The Bertz CT molecular complexity index is 1060. The molecule has 0 saturated carbocycles. The standard InChI is InChI=1S/C14H19N7O7S/c15-5-1-2-7-19-8-11(16)17-4-18-12(8)21(7)14-10(23)9(22)6(28-14)3-27-29(25,26)20-13(5)24/h4-6,9-10,14,22-23H,1-3,15H2,(H,20,24)(H2,16,17,18)/t5?,6-,9-,10-,14-/m1/s1. The van der Waals surface area contributed by atoms with Gasteiger partial charge in [-0.05, 0) is 6.42 Å².